The second-order valence-corrected chi connectivity index (χ2v) is 7.85. The standard InChI is InChI=1S/C22H26N2O3/c1-5-6-20(25)23-16-7-9-18-14(12-16)11-15-13-17(8-10-19(15)18)24-21(26)27-22(2,3)4/h7-10,12-13H,5-6,11H2,1-4H3,(H,23,25)(H,24,26). The summed E-state index contributed by atoms with van der Waals surface area (Å²) < 4.78 is 5.31. The molecule has 0 saturated carbocycles. The molecule has 2 aromatic rings. The summed E-state index contributed by atoms with van der Waals surface area (Å²) in [6, 6.07) is 11.9. The number of amides is 2. The van der Waals surface area contributed by atoms with E-state index in [0.717, 1.165) is 29.7 Å². The largest absolute Gasteiger partial charge is 0.444 e. The van der Waals surface area contributed by atoms with Crippen LogP contribution in [-0.4, -0.2) is 17.6 Å². The number of hydrogen-bond acceptors (Lipinski definition) is 3. The van der Waals surface area contributed by atoms with E-state index in [-0.39, 0.29) is 5.91 Å². The molecular weight excluding hydrogens is 340 g/mol. The van der Waals surface area contributed by atoms with Crippen molar-refractivity contribution < 1.29 is 14.3 Å². The van der Waals surface area contributed by atoms with Gasteiger partial charge in [-0.3, -0.25) is 10.1 Å². The number of carbonyl (C=O) groups excluding carboxylic acids is 2. The van der Waals surface area contributed by atoms with Gasteiger partial charge < -0.3 is 10.1 Å². The lowest BCUT2D eigenvalue weighted by molar-refractivity contribution is -0.116. The third-order valence-corrected chi connectivity index (χ3v) is 4.29. The van der Waals surface area contributed by atoms with Crippen molar-refractivity contribution in [3.05, 3.63) is 47.5 Å². The van der Waals surface area contributed by atoms with E-state index in [9.17, 15) is 9.59 Å². The fourth-order valence-electron chi connectivity index (χ4n) is 3.24. The van der Waals surface area contributed by atoms with E-state index in [0.29, 0.717) is 12.1 Å². The fourth-order valence-corrected chi connectivity index (χ4v) is 3.24. The van der Waals surface area contributed by atoms with Crippen LogP contribution in [0.25, 0.3) is 11.1 Å². The molecule has 0 radical (unpaired) electrons. The quantitative estimate of drug-likeness (QED) is 0.654. The van der Waals surface area contributed by atoms with Crippen LogP contribution in [0.5, 0.6) is 0 Å². The third-order valence-electron chi connectivity index (χ3n) is 4.29. The Hall–Kier alpha value is -2.82. The Labute approximate surface area is 160 Å². The molecule has 0 unspecified atom stereocenters. The molecule has 0 atom stereocenters. The molecule has 0 fully saturated rings. The summed E-state index contributed by atoms with van der Waals surface area (Å²) in [6.07, 6.45) is 1.66. The molecule has 2 aromatic carbocycles. The van der Waals surface area contributed by atoms with E-state index >= 15 is 0 Å². The van der Waals surface area contributed by atoms with Crippen LogP contribution in [0, 0.1) is 0 Å². The van der Waals surface area contributed by atoms with E-state index in [1.807, 2.05) is 64.1 Å². The highest BCUT2D eigenvalue weighted by molar-refractivity contribution is 5.92. The second kappa shape index (κ2) is 7.43. The van der Waals surface area contributed by atoms with Crippen molar-refractivity contribution in [3.63, 3.8) is 0 Å². The predicted octanol–water partition coefficient (Wildman–Crippen LogP) is 5.34. The van der Waals surface area contributed by atoms with Crippen LogP contribution in [0.15, 0.2) is 36.4 Å². The smallest absolute Gasteiger partial charge is 0.412 e. The first-order valence-electron chi connectivity index (χ1n) is 9.31. The van der Waals surface area contributed by atoms with Crippen LogP contribution in [0.1, 0.15) is 51.7 Å². The molecule has 27 heavy (non-hydrogen) atoms. The molecular formula is C22H26N2O3. The summed E-state index contributed by atoms with van der Waals surface area (Å²) in [6.45, 7) is 7.50. The Morgan fingerprint density at radius 2 is 1.52 bits per heavy atom. The van der Waals surface area contributed by atoms with Crippen LogP contribution in [0.3, 0.4) is 0 Å². The van der Waals surface area contributed by atoms with Gasteiger partial charge in [-0.25, -0.2) is 4.79 Å². The van der Waals surface area contributed by atoms with Crippen molar-refractivity contribution in [3.8, 4) is 11.1 Å². The highest BCUT2D eigenvalue weighted by Gasteiger charge is 2.21. The number of anilines is 2. The average Bonchev–Trinajstić information content (AvgIpc) is 2.89. The summed E-state index contributed by atoms with van der Waals surface area (Å²) in [5, 5.41) is 5.73. The molecule has 2 amide bonds. The number of benzene rings is 2. The third kappa shape index (κ3) is 4.67. The van der Waals surface area contributed by atoms with Crippen molar-refractivity contribution in [1.82, 2.24) is 0 Å². The van der Waals surface area contributed by atoms with E-state index in [1.165, 1.54) is 11.1 Å². The van der Waals surface area contributed by atoms with Gasteiger partial charge >= 0.3 is 6.09 Å². The Morgan fingerprint density at radius 3 is 2.04 bits per heavy atom. The Morgan fingerprint density at radius 1 is 0.963 bits per heavy atom. The molecule has 0 saturated heterocycles. The molecule has 1 aliphatic rings. The first kappa shape index (κ1) is 19.0. The van der Waals surface area contributed by atoms with Crippen LogP contribution in [0.4, 0.5) is 16.2 Å². The zero-order valence-corrected chi connectivity index (χ0v) is 16.3. The summed E-state index contributed by atoms with van der Waals surface area (Å²) in [5.74, 6) is 0.0387. The van der Waals surface area contributed by atoms with Gasteiger partial charge in [-0.15, -0.1) is 0 Å². The maximum Gasteiger partial charge on any atom is 0.412 e. The van der Waals surface area contributed by atoms with Gasteiger partial charge in [0.15, 0.2) is 0 Å². The lowest BCUT2D eigenvalue weighted by Crippen LogP contribution is -2.27. The van der Waals surface area contributed by atoms with Crippen molar-refractivity contribution in [1.29, 1.82) is 0 Å². The summed E-state index contributed by atoms with van der Waals surface area (Å²) >= 11 is 0. The van der Waals surface area contributed by atoms with E-state index < -0.39 is 11.7 Å². The van der Waals surface area contributed by atoms with Gasteiger partial charge in [0.2, 0.25) is 5.91 Å². The van der Waals surface area contributed by atoms with Gasteiger partial charge in [-0.05, 0) is 80.1 Å². The Kier molecular flexibility index (Phi) is 5.22. The molecule has 3 rings (SSSR count). The summed E-state index contributed by atoms with van der Waals surface area (Å²) in [7, 11) is 0. The highest BCUT2D eigenvalue weighted by atomic mass is 16.6. The molecule has 0 heterocycles. The minimum absolute atomic E-state index is 0.0387. The highest BCUT2D eigenvalue weighted by Crippen LogP contribution is 2.39. The first-order valence-corrected chi connectivity index (χ1v) is 9.31. The predicted molar refractivity (Wildman–Crippen MR) is 108 cm³/mol. The van der Waals surface area contributed by atoms with Gasteiger partial charge in [0.1, 0.15) is 5.60 Å². The summed E-state index contributed by atoms with van der Waals surface area (Å²) in [4.78, 5) is 23.8. The van der Waals surface area contributed by atoms with Gasteiger partial charge in [0, 0.05) is 17.8 Å². The number of ether oxygens (including phenoxy) is 1. The lowest BCUT2D eigenvalue weighted by Gasteiger charge is -2.19. The van der Waals surface area contributed by atoms with Crippen LogP contribution < -0.4 is 10.6 Å². The van der Waals surface area contributed by atoms with Gasteiger partial charge in [0.25, 0.3) is 0 Å². The van der Waals surface area contributed by atoms with Crippen molar-refractivity contribution in [2.24, 2.45) is 0 Å². The van der Waals surface area contributed by atoms with Gasteiger partial charge in [-0.1, -0.05) is 19.1 Å². The van der Waals surface area contributed by atoms with Gasteiger partial charge in [0.05, 0.1) is 0 Å². The number of fused-ring (bicyclic) bond motifs is 3. The topological polar surface area (TPSA) is 67.4 Å². The van der Waals surface area contributed by atoms with E-state index in [4.69, 9.17) is 4.74 Å². The van der Waals surface area contributed by atoms with E-state index in [1.54, 1.807) is 0 Å². The van der Waals surface area contributed by atoms with Crippen molar-refractivity contribution in [2.45, 2.75) is 52.6 Å². The minimum atomic E-state index is -0.532. The number of nitrogens with one attached hydrogen (secondary N) is 2. The maximum atomic E-state index is 12.0. The minimum Gasteiger partial charge on any atom is -0.444 e. The molecule has 0 bridgehead atoms. The summed E-state index contributed by atoms with van der Waals surface area (Å²) in [5.41, 5.74) is 5.66. The Balaban J connectivity index is 1.74. The second-order valence-electron chi connectivity index (χ2n) is 7.85. The number of carbonyl (C=O) groups is 2. The maximum absolute atomic E-state index is 12.0. The fraction of sp³-hybridized carbons (Fsp3) is 0.364. The van der Waals surface area contributed by atoms with E-state index in [2.05, 4.69) is 10.6 Å². The molecule has 0 aliphatic heterocycles. The number of rotatable bonds is 4. The Bertz CT molecular complexity index is 882. The molecule has 0 spiro atoms. The molecule has 1 aliphatic carbocycles. The zero-order chi connectivity index (χ0) is 19.6. The zero-order valence-electron chi connectivity index (χ0n) is 16.3. The molecule has 5 heteroatoms. The number of hydrogen-bond donors (Lipinski definition) is 2. The van der Waals surface area contributed by atoms with Gasteiger partial charge in [-0.2, -0.15) is 0 Å². The normalized spacial score (nSPS) is 12.1. The first-order chi connectivity index (χ1) is 12.7. The van der Waals surface area contributed by atoms with Crippen LogP contribution in [0.2, 0.25) is 0 Å². The average molecular weight is 366 g/mol. The van der Waals surface area contributed by atoms with Crippen molar-refractivity contribution in [2.75, 3.05) is 10.6 Å². The molecule has 0 aromatic heterocycles. The monoisotopic (exact) mass is 366 g/mol. The molecule has 142 valence electrons. The SMILES string of the molecule is CCCC(=O)Nc1ccc2c(c1)Cc1cc(NC(=O)OC(C)(C)C)ccc1-2. The lowest BCUT2D eigenvalue weighted by atomic mass is 10.0. The van der Waals surface area contributed by atoms with Crippen LogP contribution in [-0.2, 0) is 16.0 Å². The van der Waals surface area contributed by atoms with Crippen molar-refractivity contribution >= 4 is 23.4 Å². The van der Waals surface area contributed by atoms with Crippen LogP contribution >= 0.6 is 0 Å². The molecule has 5 nitrogen and oxygen atoms in total. The molecule has 2 N–H and O–H groups in total.